The molecule has 0 bridgehead atoms. The number of thioether (sulfide) groups is 1. The molecule has 0 saturated heterocycles. The summed E-state index contributed by atoms with van der Waals surface area (Å²) < 4.78 is 10.1. The molecule has 0 aliphatic heterocycles. The lowest BCUT2D eigenvalue weighted by Gasteiger charge is -2.09. The van der Waals surface area contributed by atoms with Crippen LogP contribution in [-0.2, 0) is 9.53 Å². The Hall–Kier alpha value is -1.04. The van der Waals surface area contributed by atoms with Gasteiger partial charge in [0.2, 0.25) is 5.89 Å². The molecule has 0 spiro atoms. The van der Waals surface area contributed by atoms with Gasteiger partial charge in [-0.3, -0.25) is 4.79 Å². The summed E-state index contributed by atoms with van der Waals surface area (Å²) in [6.07, 6.45) is 0.672. The Morgan fingerprint density at radius 2 is 2.27 bits per heavy atom. The van der Waals surface area contributed by atoms with Crippen LogP contribution in [0.4, 0.5) is 0 Å². The predicted octanol–water partition coefficient (Wildman–Crippen LogP) is 1.81. The van der Waals surface area contributed by atoms with Crippen molar-refractivity contribution in [2.45, 2.75) is 37.7 Å². The molecule has 0 aliphatic carbocycles. The van der Waals surface area contributed by atoms with Gasteiger partial charge in [0.1, 0.15) is 5.25 Å². The lowest BCUT2D eigenvalue weighted by atomic mass is 10.3. The van der Waals surface area contributed by atoms with Gasteiger partial charge in [-0.05, 0) is 13.3 Å². The molecule has 0 aromatic carbocycles. The number of rotatable bonds is 5. The highest BCUT2D eigenvalue weighted by Gasteiger charge is 2.21. The number of carbonyl (C=O) groups excluding carboxylic acids is 1. The first-order valence-corrected chi connectivity index (χ1v) is 5.68. The van der Waals surface area contributed by atoms with E-state index in [9.17, 15) is 4.79 Å². The van der Waals surface area contributed by atoms with E-state index in [4.69, 9.17) is 9.15 Å². The lowest BCUT2D eigenvalue weighted by Crippen LogP contribution is -2.19. The fraction of sp³-hybridized carbons (Fsp3) is 0.667. The third-order valence-electron chi connectivity index (χ3n) is 1.67. The van der Waals surface area contributed by atoms with Gasteiger partial charge < -0.3 is 9.15 Å². The maximum atomic E-state index is 11.5. The van der Waals surface area contributed by atoms with Crippen molar-refractivity contribution < 1.29 is 13.9 Å². The number of aryl methyl sites for hydroxylation is 1. The number of nitrogens with zero attached hydrogens (tertiary/aromatic N) is 2. The zero-order chi connectivity index (χ0) is 11.3. The van der Waals surface area contributed by atoms with Gasteiger partial charge in [-0.1, -0.05) is 18.7 Å². The highest BCUT2D eigenvalue weighted by molar-refractivity contribution is 8.00. The third kappa shape index (κ3) is 3.54. The largest absolute Gasteiger partial charge is 0.465 e. The van der Waals surface area contributed by atoms with E-state index in [1.165, 1.54) is 11.8 Å². The summed E-state index contributed by atoms with van der Waals surface area (Å²) in [5, 5.41) is 7.64. The monoisotopic (exact) mass is 230 g/mol. The number of hydrogen-bond donors (Lipinski definition) is 0. The van der Waals surface area contributed by atoms with Crippen LogP contribution in [0.15, 0.2) is 9.64 Å². The Kier molecular flexibility index (Phi) is 4.61. The zero-order valence-corrected chi connectivity index (χ0v) is 9.84. The predicted molar refractivity (Wildman–Crippen MR) is 55.6 cm³/mol. The smallest absolute Gasteiger partial charge is 0.319 e. The summed E-state index contributed by atoms with van der Waals surface area (Å²) in [5.41, 5.74) is 0. The molecular weight excluding hydrogens is 216 g/mol. The summed E-state index contributed by atoms with van der Waals surface area (Å²) >= 11 is 1.24. The second kappa shape index (κ2) is 5.75. The fourth-order valence-electron chi connectivity index (χ4n) is 0.981. The molecule has 15 heavy (non-hydrogen) atoms. The van der Waals surface area contributed by atoms with E-state index in [1.54, 1.807) is 13.8 Å². The molecule has 5 nitrogen and oxygen atoms in total. The van der Waals surface area contributed by atoms with Crippen LogP contribution in [0.3, 0.4) is 0 Å². The van der Waals surface area contributed by atoms with Crippen LogP contribution >= 0.6 is 11.8 Å². The van der Waals surface area contributed by atoms with E-state index in [1.807, 2.05) is 6.92 Å². The number of carbonyl (C=O) groups is 1. The SMILES string of the molecule is CCOC(=O)C(CC)Sc1nnc(C)o1. The topological polar surface area (TPSA) is 65.2 Å². The number of ether oxygens (including phenoxy) is 1. The van der Waals surface area contributed by atoms with Gasteiger partial charge in [0.25, 0.3) is 5.22 Å². The first-order chi connectivity index (χ1) is 7.17. The van der Waals surface area contributed by atoms with Gasteiger partial charge in [0, 0.05) is 6.92 Å². The Balaban J connectivity index is 2.57. The van der Waals surface area contributed by atoms with Gasteiger partial charge in [-0.25, -0.2) is 0 Å². The van der Waals surface area contributed by atoms with Crippen LogP contribution in [0.5, 0.6) is 0 Å². The first-order valence-electron chi connectivity index (χ1n) is 4.80. The van der Waals surface area contributed by atoms with E-state index in [2.05, 4.69) is 10.2 Å². The molecule has 0 amide bonds. The minimum absolute atomic E-state index is 0.235. The highest BCUT2D eigenvalue weighted by atomic mass is 32.2. The van der Waals surface area contributed by atoms with E-state index in [-0.39, 0.29) is 11.2 Å². The molecular formula is C9H14N2O3S. The van der Waals surface area contributed by atoms with Crippen molar-refractivity contribution in [1.82, 2.24) is 10.2 Å². The molecule has 1 aromatic rings. The maximum absolute atomic E-state index is 11.5. The molecule has 1 unspecified atom stereocenters. The molecule has 84 valence electrons. The Morgan fingerprint density at radius 3 is 2.73 bits per heavy atom. The molecule has 6 heteroatoms. The van der Waals surface area contributed by atoms with E-state index in [0.29, 0.717) is 24.1 Å². The van der Waals surface area contributed by atoms with Crippen molar-refractivity contribution >= 4 is 17.7 Å². The van der Waals surface area contributed by atoms with Gasteiger partial charge in [0.15, 0.2) is 0 Å². The van der Waals surface area contributed by atoms with Gasteiger partial charge in [-0.15, -0.1) is 10.2 Å². The average Bonchev–Trinajstić information content (AvgIpc) is 2.61. The van der Waals surface area contributed by atoms with E-state index in [0.717, 1.165) is 0 Å². The Bertz CT molecular complexity index is 327. The molecule has 1 atom stereocenters. The van der Waals surface area contributed by atoms with Crippen molar-refractivity contribution in [3.63, 3.8) is 0 Å². The van der Waals surface area contributed by atoms with Crippen LogP contribution in [-0.4, -0.2) is 28.0 Å². The molecule has 1 rings (SSSR count). The molecule has 0 fully saturated rings. The van der Waals surface area contributed by atoms with Crippen LogP contribution in [0, 0.1) is 6.92 Å². The van der Waals surface area contributed by atoms with Crippen molar-refractivity contribution in [3.05, 3.63) is 5.89 Å². The van der Waals surface area contributed by atoms with Crippen molar-refractivity contribution in [2.24, 2.45) is 0 Å². The van der Waals surface area contributed by atoms with E-state index < -0.39 is 0 Å². The zero-order valence-electron chi connectivity index (χ0n) is 9.02. The summed E-state index contributed by atoms with van der Waals surface area (Å²) in [5.74, 6) is 0.261. The summed E-state index contributed by atoms with van der Waals surface area (Å²) in [6, 6.07) is 0. The summed E-state index contributed by atoms with van der Waals surface area (Å²) in [4.78, 5) is 11.5. The Morgan fingerprint density at radius 1 is 1.53 bits per heavy atom. The quantitative estimate of drug-likeness (QED) is 0.567. The normalized spacial score (nSPS) is 12.5. The highest BCUT2D eigenvalue weighted by Crippen LogP contribution is 2.24. The minimum atomic E-state index is -0.273. The molecule has 0 saturated carbocycles. The van der Waals surface area contributed by atoms with Crippen LogP contribution in [0.1, 0.15) is 26.2 Å². The van der Waals surface area contributed by atoms with Gasteiger partial charge in [0.05, 0.1) is 6.61 Å². The summed E-state index contributed by atoms with van der Waals surface area (Å²) in [6.45, 7) is 5.80. The standard InChI is InChI=1S/C9H14N2O3S/c1-4-7(8(12)13-5-2)15-9-11-10-6(3)14-9/h7H,4-5H2,1-3H3. The van der Waals surface area contributed by atoms with Gasteiger partial charge in [-0.2, -0.15) is 0 Å². The number of aromatic nitrogens is 2. The van der Waals surface area contributed by atoms with Crippen molar-refractivity contribution in [1.29, 1.82) is 0 Å². The average molecular weight is 230 g/mol. The van der Waals surface area contributed by atoms with Crippen molar-refractivity contribution in [2.75, 3.05) is 6.61 Å². The molecule has 0 radical (unpaired) electrons. The second-order valence-electron chi connectivity index (χ2n) is 2.85. The third-order valence-corrected chi connectivity index (χ3v) is 2.85. The maximum Gasteiger partial charge on any atom is 0.319 e. The van der Waals surface area contributed by atoms with Crippen LogP contribution in [0.2, 0.25) is 0 Å². The molecule has 1 aromatic heterocycles. The van der Waals surface area contributed by atoms with Gasteiger partial charge >= 0.3 is 5.97 Å². The second-order valence-corrected chi connectivity index (χ2v) is 4.01. The van der Waals surface area contributed by atoms with Crippen LogP contribution in [0.25, 0.3) is 0 Å². The van der Waals surface area contributed by atoms with Crippen molar-refractivity contribution in [3.8, 4) is 0 Å². The number of hydrogen-bond acceptors (Lipinski definition) is 6. The van der Waals surface area contributed by atoms with E-state index >= 15 is 0 Å². The lowest BCUT2D eigenvalue weighted by molar-refractivity contribution is -0.142. The summed E-state index contributed by atoms with van der Waals surface area (Å²) in [7, 11) is 0. The minimum Gasteiger partial charge on any atom is -0.465 e. The number of esters is 1. The van der Waals surface area contributed by atoms with Crippen LogP contribution < -0.4 is 0 Å². The molecule has 0 N–H and O–H groups in total. The first kappa shape index (κ1) is 12.0. The molecule has 0 aliphatic rings. The molecule has 1 heterocycles. The Labute approximate surface area is 92.6 Å². The fourth-order valence-corrected chi connectivity index (χ4v) is 1.81.